The lowest BCUT2D eigenvalue weighted by Gasteiger charge is -2.33. The number of hydrogen-bond donors (Lipinski definition) is 1. The first kappa shape index (κ1) is 39.8. The molecule has 0 aliphatic rings. The van der Waals surface area contributed by atoms with Crippen LogP contribution in [0.2, 0.25) is 0 Å². The van der Waals surface area contributed by atoms with Crippen LogP contribution in [0.5, 0.6) is 0 Å². The molecule has 0 saturated heterocycles. The molecule has 0 amide bonds. The number of carbonyl (C=O) groups excluding carboxylic acids is 2. The third kappa shape index (κ3) is 10.8. The maximum atomic E-state index is 13.8. The Morgan fingerprint density at radius 3 is 2.05 bits per heavy atom. The minimum Gasteiger partial charge on any atom is -0.469 e. The number of hydrogen-bond acceptors (Lipinski definition) is 5. The third-order valence-electron chi connectivity index (χ3n) is 8.33. The van der Waals surface area contributed by atoms with Gasteiger partial charge in [0.05, 0.1) is 6.26 Å². The van der Waals surface area contributed by atoms with Gasteiger partial charge in [-0.3, -0.25) is 9.59 Å². The molecule has 0 rings (SSSR count). The van der Waals surface area contributed by atoms with E-state index >= 15 is 0 Å². The Bertz CT molecular complexity index is 1230. The zero-order valence-electron chi connectivity index (χ0n) is 29.6. The average molecular weight is 593 g/mol. The first-order valence-electron chi connectivity index (χ1n) is 15.7. The molecule has 0 aromatic carbocycles. The summed E-state index contributed by atoms with van der Waals surface area (Å²) in [6.07, 6.45) is 11.0. The van der Waals surface area contributed by atoms with E-state index in [1.807, 2.05) is 73.6 Å². The zero-order chi connectivity index (χ0) is 33.7. The van der Waals surface area contributed by atoms with Crippen LogP contribution >= 0.6 is 0 Å². The number of carbonyl (C=O) groups is 2. The zero-order valence-corrected chi connectivity index (χ0v) is 29.6. The lowest BCUT2D eigenvalue weighted by molar-refractivity contribution is -0.125. The molecule has 0 fully saturated rings. The SMILES string of the molecule is C=C(C(C)=N/C(N)=C(\C(C)=C\CC)C(C)(C(=C)O/C=C(\CCC)CC(C)(C)C(C)=O)C(=O)CC)C(/C=C\C)=C(/C)C(C)C. The van der Waals surface area contributed by atoms with Gasteiger partial charge in [0.25, 0.3) is 0 Å². The fraction of sp³-hybridized carbons (Fsp3) is 0.553. The lowest BCUT2D eigenvalue weighted by atomic mass is 9.72. The highest BCUT2D eigenvalue weighted by Gasteiger charge is 2.42. The van der Waals surface area contributed by atoms with Crippen molar-refractivity contribution in [1.29, 1.82) is 0 Å². The fourth-order valence-electron chi connectivity index (χ4n) is 4.97. The highest BCUT2D eigenvalue weighted by atomic mass is 16.5. The molecule has 0 aliphatic heterocycles. The van der Waals surface area contributed by atoms with Crippen LogP contribution in [-0.4, -0.2) is 17.3 Å². The van der Waals surface area contributed by atoms with Gasteiger partial charge in [-0.2, -0.15) is 0 Å². The van der Waals surface area contributed by atoms with Gasteiger partial charge < -0.3 is 10.5 Å². The molecule has 0 spiro atoms. The van der Waals surface area contributed by atoms with E-state index in [9.17, 15) is 9.59 Å². The summed E-state index contributed by atoms with van der Waals surface area (Å²) in [5, 5.41) is 0. The maximum Gasteiger partial charge on any atom is 0.150 e. The van der Waals surface area contributed by atoms with Crippen molar-refractivity contribution in [2.75, 3.05) is 0 Å². The molecule has 0 bridgehead atoms. The van der Waals surface area contributed by atoms with Crippen LogP contribution in [0.25, 0.3) is 0 Å². The van der Waals surface area contributed by atoms with Gasteiger partial charge in [-0.1, -0.05) is 91.8 Å². The van der Waals surface area contributed by atoms with E-state index in [2.05, 4.69) is 40.9 Å². The summed E-state index contributed by atoms with van der Waals surface area (Å²) in [4.78, 5) is 30.9. The molecule has 1 unspecified atom stereocenters. The van der Waals surface area contributed by atoms with Gasteiger partial charge in [-0.25, -0.2) is 4.99 Å². The maximum absolute atomic E-state index is 13.8. The second-order valence-electron chi connectivity index (χ2n) is 12.6. The van der Waals surface area contributed by atoms with Crippen LogP contribution in [0.1, 0.15) is 122 Å². The molecule has 5 nitrogen and oxygen atoms in total. The second-order valence-corrected chi connectivity index (χ2v) is 12.6. The van der Waals surface area contributed by atoms with Gasteiger partial charge in [-0.15, -0.1) is 0 Å². The van der Waals surface area contributed by atoms with Crippen LogP contribution in [0, 0.1) is 16.7 Å². The van der Waals surface area contributed by atoms with E-state index in [4.69, 9.17) is 15.5 Å². The average Bonchev–Trinajstić information content (AvgIpc) is 2.92. The molecule has 5 heteroatoms. The monoisotopic (exact) mass is 592 g/mol. The van der Waals surface area contributed by atoms with Crippen molar-refractivity contribution in [3.8, 4) is 0 Å². The topological polar surface area (TPSA) is 81.8 Å². The van der Waals surface area contributed by atoms with Crippen molar-refractivity contribution in [3.63, 3.8) is 0 Å². The number of ketones is 2. The first-order valence-corrected chi connectivity index (χ1v) is 15.7. The van der Waals surface area contributed by atoms with Crippen LogP contribution in [0.15, 0.2) is 87.7 Å². The normalized spacial score (nSPS) is 16.1. The Kier molecular flexibility index (Phi) is 16.5. The standard InChI is InChI=1S/C38H60N2O3/c1-16-20-26(7)35(36(39)40-29(10)28(9)33(22-18-3)27(8)25(5)6)38(15,34(42)19-4)31(12)43-24-32(21-17-2)23-37(13,14)30(11)41/h18,20,22,24-25H,9,12,16-17,19,21,23,39H2,1-8,10-11,13-15H3/b22-18-,26-20+,32-24+,33-27-,36-35+,40-29?. The molecule has 0 aromatic rings. The van der Waals surface area contributed by atoms with Crippen molar-refractivity contribution in [1.82, 2.24) is 0 Å². The number of allylic oxidation sites excluding steroid dienone is 9. The van der Waals surface area contributed by atoms with Crippen molar-refractivity contribution in [2.24, 2.45) is 27.5 Å². The quantitative estimate of drug-likeness (QED) is 0.0975. The Hall–Kier alpha value is -3.21. The molecule has 0 aliphatic carbocycles. The number of nitrogens with two attached hydrogens (primary N) is 1. The van der Waals surface area contributed by atoms with E-state index in [0.717, 1.165) is 41.6 Å². The van der Waals surface area contributed by atoms with Crippen molar-refractivity contribution < 1.29 is 14.3 Å². The number of nitrogens with zero attached hydrogens (tertiary/aromatic N) is 1. The van der Waals surface area contributed by atoms with Crippen molar-refractivity contribution in [3.05, 3.63) is 82.7 Å². The minimum absolute atomic E-state index is 0.0781. The van der Waals surface area contributed by atoms with E-state index in [1.165, 1.54) is 5.57 Å². The van der Waals surface area contributed by atoms with Gasteiger partial charge in [0, 0.05) is 23.1 Å². The molecule has 0 radical (unpaired) electrons. The van der Waals surface area contributed by atoms with E-state index in [0.29, 0.717) is 23.6 Å². The number of rotatable bonds is 18. The summed E-state index contributed by atoms with van der Waals surface area (Å²) in [5.74, 6) is 0.875. The molecule has 0 aromatic heterocycles. The molecular weight excluding hydrogens is 532 g/mol. The predicted molar refractivity (Wildman–Crippen MR) is 186 cm³/mol. The summed E-state index contributed by atoms with van der Waals surface area (Å²) in [6, 6.07) is 0. The van der Waals surface area contributed by atoms with Gasteiger partial charge in [0.2, 0.25) is 0 Å². The van der Waals surface area contributed by atoms with E-state index in [1.54, 1.807) is 13.2 Å². The lowest BCUT2D eigenvalue weighted by Crippen LogP contribution is -2.35. The van der Waals surface area contributed by atoms with Crippen molar-refractivity contribution >= 4 is 17.3 Å². The summed E-state index contributed by atoms with van der Waals surface area (Å²) < 4.78 is 6.22. The van der Waals surface area contributed by atoms with Gasteiger partial charge in [-0.05, 0) is 89.0 Å². The largest absolute Gasteiger partial charge is 0.469 e. The highest BCUT2D eigenvalue weighted by Crippen LogP contribution is 2.43. The van der Waals surface area contributed by atoms with Crippen LogP contribution in [0.3, 0.4) is 0 Å². The Labute approximate surface area is 263 Å². The second kappa shape index (κ2) is 17.8. The Balaban J connectivity index is 7.28. The molecule has 0 heterocycles. The molecule has 43 heavy (non-hydrogen) atoms. The smallest absolute Gasteiger partial charge is 0.150 e. The Morgan fingerprint density at radius 1 is 1.02 bits per heavy atom. The predicted octanol–water partition coefficient (Wildman–Crippen LogP) is 10.3. The van der Waals surface area contributed by atoms with Gasteiger partial charge in [0.15, 0.2) is 5.78 Å². The number of Topliss-reactive ketones (excluding diaryl/α,β-unsaturated/α-hetero) is 2. The van der Waals surface area contributed by atoms with Gasteiger partial charge in [0.1, 0.15) is 22.8 Å². The molecule has 240 valence electrons. The number of aliphatic imine (C=N–C) groups is 1. The van der Waals surface area contributed by atoms with Crippen LogP contribution in [0.4, 0.5) is 0 Å². The number of ether oxygens (including phenoxy) is 1. The summed E-state index contributed by atoms with van der Waals surface area (Å²) >= 11 is 0. The van der Waals surface area contributed by atoms with Crippen molar-refractivity contribution in [2.45, 2.75) is 122 Å². The highest BCUT2D eigenvalue weighted by molar-refractivity contribution is 6.03. The molecule has 0 saturated carbocycles. The van der Waals surface area contributed by atoms with E-state index in [-0.39, 0.29) is 29.6 Å². The summed E-state index contributed by atoms with van der Waals surface area (Å²) in [6.45, 7) is 34.1. The van der Waals surface area contributed by atoms with Crippen LogP contribution in [-0.2, 0) is 14.3 Å². The Morgan fingerprint density at radius 2 is 1.60 bits per heavy atom. The minimum atomic E-state index is -1.26. The molecule has 1 atom stereocenters. The third-order valence-corrected chi connectivity index (χ3v) is 8.33. The first-order chi connectivity index (χ1) is 19.9. The van der Waals surface area contributed by atoms with Gasteiger partial charge >= 0.3 is 0 Å². The molecule has 2 N–H and O–H groups in total. The summed E-state index contributed by atoms with van der Waals surface area (Å²) in [7, 11) is 0. The molecular formula is C38H60N2O3. The summed E-state index contributed by atoms with van der Waals surface area (Å²) in [5.41, 5.74) is 11.1. The van der Waals surface area contributed by atoms with Crippen LogP contribution < -0.4 is 5.73 Å². The fourth-order valence-corrected chi connectivity index (χ4v) is 4.97. The van der Waals surface area contributed by atoms with E-state index < -0.39 is 10.8 Å².